The number of nitrogens with two attached hydrogens (primary N) is 1. The Kier molecular flexibility index (Phi) is 11.7. The lowest BCUT2D eigenvalue weighted by Crippen LogP contribution is -2.34. The summed E-state index contributed by atoms with van der Waals surface area (Å²) >= 11 is 3.47. The number of aryl methyl sites for hydroxylation is 2. The van der Waals surface area contributed by atoms with Crippen LogP contribution in [-0.2, 0) is 32.5 Å². The van der Waals surface area contributed by atoms with Gasteiger partial charge < -0.3 is 19.9 Å². The van der Waals surface area contributed by atoms with E-state index in [1.807, 2.05) is 12.3 Å². The molecule has 2 aliphatic carbocycles. The van der Waals surface area contributed by atoms with Gasteiger partial charge in [0, 0.05) is 22.1 Å². The first-order chi connectivity index (χ1) is 27.1. The van der Waals surface area contributed by atoms with Crippen LogP contribution in [0.4, 0.5) is 17.1 Å². The van der Waals surface area contributed by atoms with Crippen LogP contribution in [-0.4, -0.2) is 0 Å². The van der Waals surface area contributed by atoms with Crippen molar-refractivity contribution in [2.24, 2.45) is 0 Å². The predicted octanol–water partition coefficient (Wildman–Crippen LogP) is 16.6. The fraction of sp³-hybridized carbons (Fsp3) is 0.481. The molecule has 2 aromatic heterocycles. The van der Waals surface area contributed by atoms with E-state index in [1.54, 1.807) is 6.26 Å². The molecule has 2 aliphatic rings. The molecule has 0 bridgehead atoms. The molecule has 0 saturated carbocycles. The summed E-state index contributed by atoms with van der Waals surface area (Å²) in [5.74, 6) is 0. The second kappa shape index (κ2) is 15.5. The minimum Gasteiger partial charge on any atom is -0.463 e. The van der Waals surface area contributed by atoms with Crippen LogP contribution in [0.3, 0.4) is 0 Å². The number of nitrogen functional groups attached to an aromatic ring is 1. The Bertz CT molecular complexity index is 2450. The zero-order chi connectivity index (χ0) is 43.7. The Balaban J connectivity index is 0.000000164. The lowest BCUT2D eigenvalue weighted by molar-refractivity contribution is 0.332. The molecule has 0 atom stereocenters. The van der Waals surface area contributed by atoms with E-state index in [4.69, 9.17) is 14.6 Å². The molecule has 4 nitrogen and oxygen atoms in total. The quantitative estimate of drug-likeness (QED) is 0.170. The molecule has 0 unspecified atom stereocenters. The third-order valence-electron chi connectivity index (χ3n) is 13.5. The molecule has 0 amide bonds. The van der Waals surface area contributed by atoms with E-state index >= 15 is 0 Å². The van der Waals surface area contributed by atoms with Gasteiger partial charge in [-0.25, -0.2) is 0 Å². The lowest BCUT2D eigenvalue weighted by atomic mass is 9.63. The number of fused-ring (bicyclic) bond motifs is 4. The molecule has 0 saturated heterocycles. The van der Waals surface area contributed by atoms with Gasteiger partial charge in [-0.15, -0.1) is 0 Å². The van der Waals surface area contributed by atoms with Gasteiger partial charge >= 0.3 is 0 Å². The van der Waals surface area contributed by atoms with Crippen LogP contribution >= 0.6 is 15.9 Å². The maximum absolute atomic E-state index is 6.05. The van der Waals surface area contributed by atoms with Crippen molar-refractivity contribution in [1.29, 1.82) is 0 Å². The van der Waals surface area contributed by atoms with Gasteiger partial charge in [0.1, 0.15) is 23.7 Å². The van der Waals surface area contributed by atoms with Gasteiger partial charge in [-0.1, -0.05) is 121 Å². The summed E-state index contributed by atoms with van der Waals surface area (Å²) in [5, 5.41) is 5.99. The van der Waals surface area contributed by atoms with Crippen LogP contribution < -0.4 is 11.1 Å². The Morgan fingerprint density at radius 3 is 1.42 bits per heavy atom. The highest BCUT2D eigenvalue weighted by atomic mass is 79.9. The van der Waals surface area contributed by atoms with E-state index in [2.05, 4.69) is 187 Å². The summed E-state index contributed by atoms with van der Waals surface area (Å²) in [4.78, 5) is 0. The molecule has 0 fully saturated rings. The van der Waals surface area contributed by atoms with Crippen molar-refractivity contribution >= 4 is 54.9 Å². The molecule has 59 heavy (non-hydrogen) atoms. The number of anilines is 3. The first-order valence-corrected chi connectivity index (χ1v) is 22.4. The predicted molar refractivity (Wildman–Crippen MR) is 258 cm³/mol. The van der Waals surface area contributed by atoms with Gasteiger partial charge in [-0.2, -0.15) is 0 Å². The highest BCUT2D eigenvalue weighted by Gasteiger charge is 2.38. The van der Waals surface area contributed by atoms with Crippen molar-refractivity contribution in [2.45, 2.75) is 169 Å². The average molecular weight is 860 g/mol. The number of hydrogen-bond acceptors (Lipinski definition) is 4. The van der Waals surface area contributed by atoms with Crippen LogP contribution in [0.15, 0.2) is 86.5 Å². The molecule has 3 N–H and O–H groups in total. The SMILES string of the molecule is CC(C)(C)c1ccc2occ(Br)c2c1.Cc1cc2c(cc1N)C(C)(C)CCC2(C)C.Cc1cc2c(cc1Nc1coc3ccc(C(C)(C)C)cc13)C(C)(C)CCC2(C)C. The van der Waals surface area contributed by atoms with Gasteiger partial charge in [0.05, 0.1) is 10.2 Å². The minimum absolute atomic E-state index is 0.111. The zero-order valence-corrected chi connectivity index (χ0v) is 40.6. The molecular formula is C54H71BrN2O2. The normalized spacial score (nSPS) is 17.6. The Hall–Kier alpha value is -3.96. The molecular weight excluding hydrogens is 789 g/mol. The summed E-state index contributed by atoms with van der Waals surface area (Å²) in [7, 11) is 0. The topological polar surface area (TPSA) is 64.3 Å². The maximum Gasteiger partial charge on any atom is 0.136 e. The van der Waals surface area contributed by atoms with Crippen LogP contribution in [0.2, 0.25) is 0 Å². The number of benzene rings is 4. The Morgan fingerprint density at radius 2 is 0.932 bits per heavy atom. The van der Waals surface area contributed by atoms with Crippen LogP contribution in [0.5, 0.6) is 0 Å². The molecule has 316 valence electrons. The summed E-state index contributed by atoms with van der Waals surface area (Å²) in [6.45, 7) is 36.6. The smallest absolute Gasteiger partial charge is 0.136 e. The monoisotopic (exact) mass is 858 g/mol. The summed E-state index contributed by atoms with van der Waals surface area (Å²) < 4.78 is 12.2. The van der Waals surface area contributed by atoms with Gasteiger partial charge in [0.25, 0.3) is 0 Å². The number of furan rings is 2. The second-order valence-corrected chi connectivity index (χ2v) is 23.1. The van der Waals surface area contributed by atoms with Gasteiger partial charge in [0.2, 0.25) is 0 Å². The second-order valence-electron chi connectivity index (χ2n) is 22.3. The van der Waals surface area contributed by atoms with E-state index in [0.717, 1.165) is 37.8 Å². The summed E-state index contributed by atoms with van der Waals surface area (Å²) in [6, 6.07) is 22.2. The zero-order valence-electron chi connectivity index (χ0n) is 39.0. The summed E-state index contributed by atoms with van der Waals surface area (Å²) in [6.07, 6.45) is 8.55. The third kappa shape index (κ3) is 9.21. The highest BCUT2D eigenvalue weighted by Crippen LogP contribution is 2.49. The molecule has 4 aromatic carbocycles. The van der Waals surface area contributed by atoms with Crippen LogP contribution in [0, 0.1) is 13.8 Å². The molecule has 0 spiro atoms. The summed E-state index contributed by atoms with van der Waals surface area (Å²) in [5.41, 5.74) is 23.4. The van der Waals surface area contributed by atoms with Crippen molar-refractivity contribution in [1.82, 2.24) is 0 Å². The molecule has 0 radical (unpaired) electrons. The van der Waals surface area contributed by atoms with Crippen LogP contribution in [0.1, 0.15) is 167 Å². The van der Waals surface area contributed by atoms with E-state index in [1.165, 1.54) is 75.9 Å². The van der Waals surface area contributed by atoms with Crippen molar-refractivity contribution in [3.63, 3.8) is 0 Å². The minimum atomic E-state index is 0.111. The number of halogens is 1. The lowest BCUT2D eigenvalue weighted by Gasteiger charge is -2.42. The number of nitrogens with one attached hydrogen (secondary N) is 1. The largest absolute Gasteiger partial charge is 0.463 e. The highest BCUT2D eigenvalue weighted by molar-refractivity contribution is 9.10. The number of hydrogen-bond donors (Lipinski definition) is 2. The fourth-order valence-corrected chi connectivity index (χ4v) is 9.20. The first kappa shape index (κ1) is 44.6. The van der Waals surface area contributed by atoms with Crippen molar-refractivity contribution in [3.8, 4) is 0 Å². The van der Waals surface area contributed by atoms with E-state index in [0.29, 0.717) is 5.41 Å². The first-order valence-electron chi connectivity index (χ1n) is 21.6. The number of rotatable bonds is 2. The molecule has 6 aromatic rings. The maximum atomic E-state index is 6.05. The Labute approximate surface area is 364 Å². The third-order valence-corrected chi connectivity index (χ3v) is 14.2. The molecule has 0 aliphatic heterocycles. The molecule has 5 heteroatoms. The van der Waals surface area contributed by atoms with Crippen molar-refractivity contribution in [3.05, 3.63) is 122 Å². The Morgan fingerprint density at radius 1 is 0.525 bits per heavy atom. The van der Waals surface area contributed by atoms with Crippen LogP contribution in [0.25, 0.3) is 21.9 Å². The van der Waals surface area contributed by atoms with Gasteiger partial charge in [-0.05, 0) is 169 Å². The molecule has 2 heterocycles. The van der Waals surface area contributed by atoms with Gasteiger partial charge in [-0.3, -0.25) is 0 Å². The standard InChI is InChI=1S/C27H35NO.C15H23N.C12H13BrO/c1-17-13-20-21(27(7,8)12-11-26(20,5)6)15-22(17)28-23-16-29-24-10-9-18(14-19(23)24)25(2,3)4;1-10-8-11-12(9-13(10)16)15(4,5)7-6-14(11,2)3;1-12(2,3)8-4-5-11-9(6-8)10(13)7-14-11/h9-10,13-16,28H,11-12H2,1-8H3;8-9H,6-7,16H2,1-5H3;4-7H,1-3H3. The fourth-order valence-electron chi connectivity index (χ4n) is 8.80. The van der Waals surface area contributed by atoms with Gasteiger partial charge in [0.15, 0.2) is 0 Å². The van der Waals surface area contributed by atoms with Crippen molar-refractivity contribution < 1.29 is 8.83 Å². The molecule has 8 rings (SSSR count). The average Bonchev–Trinajstić information content (AvgIpc) is 3.72. The van der Waals surface area contributed by atoms with E-state index in [9.17, 15) is 0 Å². The van der Waals surface area contributed by atoms with Crippen molar-refractivity contribution in [2.75, 3.05) is 11.1 Å². The van der Waals surface area contributed by atoms with E-state index in [-0.39, 0.29) is 27.1 Å². The van der Waals surface area contributed by atoms with E-state index < -0.39 is 0 Å².